The molecule has 104 valence electrons. The SMILES string of the molecule is C=CCNCCOc1cccc(Oc2ccccc2)c1. The van der Waals surface area contributed by atoms with Crippen LogP contribution in [0, 0.1) is 0 Å². The molecule has 2 aromatic carbocycles. The molecule has 0 atom stereocenters. The van der Waals surface area contributed by atoms with Crippen molar-refractivity contribution < 1.29 is 9.47 Å². The van der Waals surface area contributed by atoms with Crippen LogP contribution in [0.15, 0.2) is 67.3 Å². The lowest BCUT2D eigenvalue weighted by Crippen LogP contribution is -2.20. The summed E-state index contributed by atoms with van der Waals surface area (Å²) >= 11 is 0. The number of benzene rings is 2. The minimum atomic E-state index is 0.614. The van der Waals surface area contributed by atoms with Crippen LogP contribution in [0.1, 0.15) is 0 Å². The van der Waals surface area contributed by atoms with Gasteiger partial charge in [0.05, 0.1) is 0 Å². The minimum absolute atomic E-state index is 0.614. The van der Waals surface area contributed by atoms with Gasteiger partial charge in [-0.25, -0.2) is 0 Å². The Morgan fingerprint density at radius 1 is 0.950 bits per heavy atom. The molecule has 3 heteroatoms. The van der Waals surface area contributed by atoms with Crippen molar-refractivity contribution in [2.45, 2.75) is 0 Å². The molecule has 20 heavy (non-hydrogen) atoms. The first-order valence-electron chi connectivity index (χ1n) is 6.66. The molecule has 0 aliphatic carbocycles. The van der Waals surface area contributed by atoms with Gasteiger partial charge >= 0.3 is 0 Å². The molecule has 0 saturated carbocycles. The smallest absolute Gasteiger partial charge is 0.131 e. The van der Waals surface area contributed by atoms with E-state index >= 15 is 0 Å². The van der Waals surface area contributed by atoms with Gasteiger partial charge in [-0.2, -0.15) is 0 Å². The monoisotopic (exact) mass is 269 g/mol. The molecule has 0 spiro atoms. The van der Waals surface area contributed by atoms with Crippen LogP contribution in [0.3, 0.4) is 0 Å². The summed E-state index contributed by atoms with van der Waals surface area (Å²) in [4.78, 5) is 0. The number of rotatable bonds is 8. The lowest BCUT2D eigenvalue weighted by Gasteiger charge is -2.09. The molecular weight excluding hydrogens is 250 g/mol. The van der Waals surface area contributed by atoms with Crippen molar-refractivity contribution in [3.05, 3.63) is 67.3 Å². The van der Waals surface area contributed by atoms with Crippen molar-refractivity contribution in [1.82, 2.24) is 5.32 Å². The van der Waals surface area contributed by atoms with E-state index in [1.54, 1.807) is 0 Å². The standard InChI is InChI=1S/C17H19NO2/c1-2-11-18-12-13-19-16-9-6-10-17(14-16)20-15-7-4-3-5-8-15/h2-10,14,18H,1,11-13H2. The Hall–Kier alpha value is -2.26. The summed E-state index contributed by atoms with van der Waals surface area (Å²) in [6, 6.07) is 17.3. The molecule has 2 rings (SSSR count). The van der Waals surface area contributed by atoms with Gasteiger partial charge in [-0.15, -0.1) is 6.58 Å². The molecule has 0 saturated heterocycles. The topological polar surface area (TPSA) is 30.5 Å². The highest BCUT2D eigenvalue weighted by Crippen LogP contribution is 2.24. The van der Waals surface area contributed by atoms with E-state index in [1.807, 2.05) is 60.7 Å². The van der Waals surface area contributed by atoms with Crippen LogP contribution in [0.4, 0.5) is 0 Å². The van der Waals surface area contributed by atoms with Gasteiger partial charge in [0.25, 0.3) is 0 Å². The maximum absolute atomic E-state index is 5.75. The molecule has 0 radical (unpaired) electrons. The highest BCUT2D eigenvalue weighted by Gasteiger charge is 1.99. The summed E-state index contributed by atoms with van der Waals surface area (Å²) in [5, 5.41) is 3.19. The first kappa shape index (κ1) is 14.2. The van der Waals surface area contributed by atoms with E-state index in [0.717, 1.165) is 30.3 Å². The molecule has 0 bridgehead atoms. The zero-order valence-electron chi connectivity index (χ0n) is 11.4. The van der Waals surface area contributed by atoms with Gasteiger partial charge < -0.3 is 14.8 Å². The molecule has 1 N–H and O–H groups in total. The van der Waals surface area contributed by atoms with E-state index in [-0.39, 0.29) is 0 Å². The lowest BCUT2D eigenvalue weighted by atomic mass is 10.3. The highest BCUT2D eigenvalue weighted by molar-refractivity contribution is 5.36. The van der Waals surface area contributed by atoms with Crippen LogP contribution in [-0.2, 0) is 0 Å². The van der Waals surface area contributed by atoms with Gasteiger partial charge in [0.2, 0.25) is 0 Å². The second-order valence-electron chi connectivity index (χ2n) is 4.23. The summed E-state index contributed by atoms with van der Waals surface area (Å²) in [6.07, 6.45) is 1.83. The largest absolute Gasteiger partial charge is 0.492 e. The number of nitrogens with one attached hydrogen (secondary N) is 1. The average Bonchev–Trinajstić information content (AvgIpc) is 2.48. The number of ether oxygens (including phenoxy) is 2. The summed E-state index contributed by atoms with van der Waals surface area (Å²) in [6.45, 7) is 5.84. The molecule has 3 nitrogen and oxygen atoms in total. The second kappa shape index (κ2) is 8.02. The van der Waals surface area contributed by atoms with E-state index < -0.39 is 0 Å². The predicted octanol–water partition coefficient (Wildman–Crippen LogP) is 3.63. The molecule has 2 aromatic rings. The normalized spacial score (nSPS) is 10.0. The van der Waals surface area contributed by atoms with Crippen LogP contribution in [0.5, 0.6) is 17.2 Å². The van der Waals surface area contributed by atoms with Crippen LogP contribution in [0.25, 0.3) is 0 Å². The lowest BCUT2D eigenvalue weighted by molar-refractivity contribution is 0.315. The minimum Gasteiger partial charge on any atom is -0.492 e. The molecule has 0 aromatic heterocycles. The molecular formula is C17H19NO2. The predicted molar refractivity (Wildman–Crippen MR) is 81.5 cm³/mol. The highest BCUT2D eigenvalue weighted by atomic mass is 16.5. The molecule has 0 amide bonds. The van der Waals surface area contributed by atoms with E-state index in [4.69, 9.17) is 9.47 Å². The Kier molecular flexibility index (Phi) is 5.68. The fourth-order valence-electron chi connectivity index (χ4n) is 1.70. The molecule has 0 heterocycles. The summed E-state index contributed by atoms with van der Waals surface area (Å²) in [5.74, 6) is 2.39. The van der Waals surface area contributed by atoms with Crippen LogP contribution in [-0.4, -0.2) is 19.7 Å². The number of hydrogen-bond acceptors (Lipinski definition) is 3. The number of hydrogen-bond donors (Lipinski definition) is 1. The Labute approximate surface area is 119 Å². The number of para-hydroxylation sites is 1. The van der Waals surface area contributed by atoms with E-state index in [1.165, 1.54) is 0 Å². The Morgan fingerprint density at radius 2 is 1.70 bits per heavy atom. The van der Waals surface area contributed by atoms with Gasteiger partial charge in [-0.05, 0) is 24.3 Å². The zero-order chi connectivity index (χ0) is 14.0. The van der Waals surface area contributed by atoms with Gasteiger partial charge in [0.1, 0.15) is 23.9 Å². The first-order chi connectivity index (χ1) is 9.88. The third kappa shape index (κ3) is 4.78. The third-order valence-electron chi connectivity index (χ3n) is 2.62. The van der Waals surface area contributed by atoms with Crippen LogP contribution < -0.4 is 14.8 Å². The molecule has 0 fully saturated rings. The maximum atomic E-state index is 5.75. The second-order valence-corrected chi connectivity index (χ2v) is 4.23. The fourth-order valence-corrected chi connectivity index (χ4v) is 1.70. The van der Waals surface area contributed by atoms with Crippen molar-refractivity contribution in [2.24, 2.45) is 0 Å². The van der Waals surface area contributed by atoms with E-state index in [9.17, 15) is 0 Å². The van der Waals surface area contributed by atoms with E-state index in [0.29, 0.717) is 6.61 Å². The molecule has 0 unspecified atom stereocenters. The van der Waals surface area contributed by atoms with Gasteiger partial charge in [-0.1, -0.05) is 30.3 Å². The first-order valence-corrected chi connectivity index (χ1v) is 6.66. The molecule has 0 aliphatic rings. The third-order valence-corrected chi connectivity index (χ3v) is 2.62. The van der Waals surface area contributed by atoms with Crippen molar-refractivity contribution in [3.8, 4) is 17.2 Å². The summed E-state index contributed by atoms with van der Waals surface area (Å²) in [5.41, 5.74) is 0. The maximum Gasteiger partial charge on any atom is 0.131 e. The summed E-state index contributed by atoms with van der Waals surface area (Å²) < 4.78 is 11.4. The Balaban J connectivity index is 1.86. The zero-order valence-corrected chi connectivity index (χ0v) is 11.4. The van der Waals surface area contributed by atoms with Crippen molar-refractivity contribution in [2.75, 3.05) is 19.7 Å². The van der Waals surface area contributed by atoms with Crippen molar-refractivity contribution in [3.63, 3.8) is 0 Å². The molecule has 0 aliphatic heterocycles. The average molecular weight is 269 g/mol. The van der Waals surface area contributed by atoms with E-state index in [2.05, 4.69) is 11.9 Å². The Bertz CT molecular complexity index is 526. The van der Waals surface area contributed by atoms with Crippen molar-refractivity contribution >= 4 is 0 Å². The van der Waals surface area contributed by atoms with Gasteiger partial charge in [0.15, 0.2) is 0 Å². The fraction of sp³-hybridized carbons (Fsp3) is 0.176. The Morgan fingerprint density at radius 3 is 2.50 bits per heavy atom. The van der Waals surface area contributed by atoms with Crippen LogP contribution >= 0.6 is 0 Å². The van der Waals surface area contributed by atoms with Gasteiger partial charge in [-0.3, -0.25) is 0 Å². The van der Waals surface area contributed by atoms with Crippen LogP contribution in [0.2, 0.25) is 0 Å². The summed E-state index contributed by atoms with van der Waals surface area (Å²) in [7, 11) is 0. The van der Waals surface area contributed by atoms with Crippen molar-refractivity contribution in [1.29, 1.82) is 0 Å². The van der Waals surface area contributed by atoms with Gasteiger partial charge in [0, 0.05) is 19.2 Å². The quantitative estimate of drug-likeness (QED) is 0.586.